The fourth-order valence-corrected chi connectivity index (χ4v) is 10.2. The van der Waals surface area contributed by atoms with Crippen LogP contribution >= 0.6 is 23.2 Å². The topological polar surface area (TPSA) is 270 Å². The van der Waals surface area contributed by atoms with E-state index >= 15 is 0 Å². The van der Waals surface area contributed by atoms with E-state index in [4.69, 9.17) is 42.1 Å². The zero-order chi connectivity index (χ0) is 60.7. The summed E-state index contributed by atoms with van der Waals surface area (Å²) in [5, 5.41) is 44.0. The second kappa shape index (κ2) is 33.3. The monoisotopic (exact) mass is 1210 g/mol. The molecule has 0 spiro atoms. The van der Waals surface area contributed by atoms with E-state index in [1.165, 1.54) is 24.3 Å². The van der Waals surface area contributed by atoms with Gasteiger partial charge in [-0.1, -0.05) is 77.8 Å². The molecule has 1 saturated heterocycles. The Bertz CT molecular complexity index is 3390. The number of nitrogens with zero attached hydrogens (tertiary/aromatic N) is 8. The van der Waals surface area contributed by atoms with Crippen LogP contribution in [0.25, 0.3) is 0 Å². The first-order valence-corrected chi connectivity index (χ1v) is 28.8. The van der Waals surface area contributed by atoms with E-state index in [2.05, 4.69) is 19.6 Å². The van der Waals surface area contributed by atoms with E-state index in [9.17, 15) is 54.4 Å². The van der Waals surface area contributed by atoms with Crippen LogP contribution in [0.1, 0.15) is 66.0 Å². The van der Waals surface area contributed by atoms with Gasteiger partial charge in [0, 0.05) is 128 Å². The van der Waals surface area contributed by atoms with Crippen LogP contribution in [0.5, 0.6) is 5.75 Å². The number of benzene rings is 2. The summed E-state index contributed by atoms with van der Waals surface area (Å²) in [4.78, 5) is 97.0. The number of esters is 1. The van der Waals surface area contributed by atoms with Gasteiger partial charge in [0.15, 0.2) is 5.75 Å². The smallest absolute Gasteiger partial charge is 0.313 e. The number of ketones is 2. The first-order valence-electron chi connectivity index (χ1n) is 28.0. The molecule has 6 aromatic rings. The maximum atomic E-state index is 13.2. The summed E-state index contributed by atoms with van der Waals surface area (Å²) in [7, 11) is 0. The molecule has 1 aliphatic heterocycles. The molecule has 23 nitrogen and oxygen atoms in total. The van der Waals surface area contributed by atoms with Gasteiger partial charge in [0.05, 0.1) is 78.9 Å². The Kier molecular flexibility index (Phi) is 25.5. The summed E-state index contributed by atoms with van der Waals surface area (Å²) in [6.07, 6.45) is 1.60. The summed E-state index contributed by atoms with van der Waals surface area (Å²) in [6, 6.07) is 29.9. The molecule has 4 aromatic heterocycles. The maximum absolute atomic E-state index is 13.2. The van der Waals surface area contributed by atoms with Crippen molar-refractivity contribution < 1.29 is 54.2 Å². The normalized spacial score (nSPS) is 15.1. The van der Waals surface area contributed by atoms with Gasteiger partial charge >= 0.3 is 5.97 Å². The Hall–Kier alpha value is -7.45. The Balaban J connectivity index is 0.965. The molecule has 0 aliphatic carbocycles. The number of pyridine rings is 4. The van der Waals surface area contributed by atoms with Crippen molar-refractivity contribution >= 4 is 40.7 Å². The van der Waals surface area contributed by atoms with Gasteiger partial charge in [-0.3, -0.25) is 53.2 Å². The van der Waals surface area contributed by atoms with Gasteiger partial charge in [0.1, 0.15) is 11.6 Å². The summed E-state index contributed by atoms with van der Waals surface area (Å²) >= 11 is 12.1. The first kappa shape index (κ1) is 65.1. The first-order chi connectivity index (χ1) is 41.0. The Morgan fingerprint density at radius 1 is 0.447 bits per heavy atom. The predicted octanol–water partition coefficient (Wildman–Crippen LogP) is 4.81. The second-order valence-electron chi connectivity index (χ2n) is 20.6. The number of rotatable bonds is 29. The van der Waals surface area contributed by atoms with Crippen LogP contribution in [-0.2, 0) is 67.6 Å². The highest BCUT2D eigenvalue weighted by molar-refractivity contribution is 6.37. The van der Waals surface area contributed by atoms with Crippen LogP contribution in [0.15, 0.2) is 134 Å². The molecule has 7 rings (SSSR count). The summed E-state index contributed by atoms with van der Waals surface area (Å²) < 4.78 is 24.1. The Morgan fingerprint density at radius 3 is 1.35 bits per heavy atom. The van der Waals surface area contributed by atoms with Crippen molar-refractivity contribution in [2.45, 2.75) is 77.2 Å². The van der Waals surface area contributed by atoms with Crippen LogP contribution in [0.2, 0.25) is 10.0 Å². The van der Waals surface area contributed by atoms with E-state index in [0.717, 1.165) is 11.1 Å². The molecule has 2 aromatic carbocycles. The number of Topliss-reactive ketones (excluding diaryl/α,β-unsaturated/α-hetero) is 2. The van der Waals surface area contributed by atoms with Crippen molar-refractivity contribution in [1.29, 1.82) is 0 Å². The molecule has 1 atom stereocenters. The number of hydrogen-bond acceptors (Lipinski definition) is 19. The number of hydrogen-bond donors (Lipinski definition) is 4. The number of carbonyl (C=O) groups is 3. The zero-order valence-corrected chi connectivity index (χ0v) is 48.6. The number of ether oxygens (including phenoxy) is 4. The van der Waals surface area contributed by atoms with Crippen molar-refractivity contribution in [3.63, 3.8) is 0 Å². The molecule has 5 heterocycles. The van der Waals surface area contributed by atoms with Gasteiger partial charge in [-0.25, -0.2) is 0 Å². The number of halogens is 2. The average Bonchev–Trinajstić information content (AvgIpc) is 3.53. The lowest BCUT2D eigenvalue weighted by Crippen LogP contribution is -2.51. The molecule has 1 fully saturated rings. The van der Waals surface area contributed by atoms with Crippen molar-refractivity contribution in [3.8, 4) is 5.75 Å². The van der Waals surface area contributed by atoms with Crippen molar-refractivity contribution in [1.82, 2.24) is 38.5 Å². The molecule has 456 valence electrons. The van der Waals surface area contributed by atoms with E-state index < -0.39 is 34.2 Å². The fourth-order valence-electron chi connectivity index (χ4n) is 9.70. The van der Waals surface area contributed by atoms with Crippen LogP contribution in [0, 0.1) is 0 Å². The highest BCUT2D eigenvalue weighted by Crippen LogP contribution is 2.32. The van der Waals surface area contributed by atoms with Gasteiger partial charge in [-0.05, 0) is 60.4 Å². The number of para-hydroxylation sites is 1. The summed E-state index contributed by atoms with van der Waals surface area (Å²) in [6.45, 7) is 4.44. The molecule has 0 radical (unpaired) electrons. The van der Waals surface area contributed by atoms with E-state index in [1.54, 1.807) is 66.7 Å². The lowest BCUT2D eigenvalue weighted by atomic mass is 9.99. The minimum Gasteiger partial charge on any atom is -0.425 e. The van der Waals surface area contributed by atoms with Crippen molar-refractivity contribution in [2.75, 3.05) is 85.5 Å². The molecule has 0 bridgehead atoms. The quantitative estimate of drug-likeness (QED) is 0.0212. The Labute approximate surface area is 500 Å². The van der Waals surface area contributed by atoms with Crippen LogP contribution < -0.4 is 27.0 Å². The molecule has 0 amide bonds. The van der Waals surface area contributed by atoms with E-state index in [0.29, 0.717) is 100 Å². The second-order valence-corrected chi connectivity index (χ2v) is 21.4. The van der Waals surface area contributed by atoms with Gasteiger partial charge in [0.25, 0.3) is 22.2 Å². The van der Waals surface area contributed by atoms with E-state index in [1.807, 2.05) is 24.3 Å². The number of aromatic nitrogens is 4. The molecular weight excluding hydrogens is 1140 g/mol. The third-order valence-electron chi connectivity index (χ3n) is 14.4. The molecular formula is C60H72Cl2N8O15. The zero-order valence-electron chi connectivity index (χ0n) is 47.1. The highest BCUT2D eigenvalue weighted by atomic mass is 35.5. The largest absolute Gasteiger partial charge is 0.425 e. The third-order valence-corrected chi connectivity index (χ3v) is 15.0. The summed E-state index contributed by atoms with van der Waals surface area (Å²) in [5.41, 5.74) is 0.571. The van der Waals surface area contributed by atoms with Crippen LogP contribution in [0.4, 0.5) is 0 Å². The lowest BCUT2D eigenvalue weighted by Gasteiger charge is -2.39. The van der Waals surface area contributed by atoms with Gasteiger partial charge in [-0.2, -0.15) is 18.9 Å². The standard InChI is InChI=1S/C60H72Cl2N8O15/c61-53-13-6-14-54(62)60(53)85-59(77)24-32-83-34-36-84-35-33-82-31-23-51(71)11-5-12-52(72)38-45-21-19-44(20-22-45)37-50-42-65(41-48-9-3-17-57(75)69(48)80)28-27-63(39-46-7-1-15-55(73)67(46)78)25-26-64(40-47-8-2-16-56(74)68(47)79)29-30-66(50)43-49-10-4-18-58(76)70(49)81/h1-4,6-10,13-22,50,78-81H,5,11-12,23-43H2. The van der Waals surface area contributed by atoms with Crippen LogP contribution in [-0.4, -0.2) is 168 Å². The molecule has 25 heteroatoms. The lowest BCUT2D eigenvalue weighted by molar-refractivity contribution is -0.135. The van der Waals surface area contributed by atoms with Crippen molar-refractivity contribution in [3.05, 3.63) is 201 Å². The highest BCUT2D eigenvalue weighted by Gasteiger charge is 2.28. The molecule has 85 heavy (non-hydrogen) atoms. The van der Waals surface area contributed by atoms with Crippen LogP contribution in [0.3, 0.4) is 0 Å². The fraction of sp³-hybridized carbons (Fsp3) is 0.417. The molecule has 1 unspecified atom stereocenters. The van der Waals surface area contributed by atoms with Gasteiger partial charge in [0.2, 0.25) is 0 Å². The van der Waals surface area contributed by atoms with Gasteiger partial charge < -0.3 is 39.8 Å². The molecule has 0 saturated carbocycles. The van der Waals surface area contributed by atoms with E-state index in [-0.39, 0.29) is 125 Å². The minimum absolute atomic E-state index is 0.000469. The Morgan fingerprint density at radius 2 is 0.847 bits per heavy atom. The minimum atomic E-state index is -0.618. The molecule has 1 aliphatic rings. The third kappa shape index (κ3) is 20.6. The van der Waals surface area contributed by atoms with Crippen molar-refractivity contribution in [2.24, 2.45) is 0 Å². The average molecular weight is 1220 g/mol. The summed E-state index contributed by atoms with van der Waals surface area (Å²) in [5.74, 6) is -0.474. The predicted molar refractivity (Wildman–Crippen MR) is 313 cm³/mol. The molecule has 4 N–H and O–H groups in total. The number of carbonyl (C=O) groups excluding carboxylic acids is 3. The maximum Gasteiger partial charge on any atom is 0.313 e. The SMILES string of the molecule is O=C(CCCC(=O)Cc1ccc(CC2CN(Cc3cccc(=O)n3O)CCN(Cc3cccc(=O)n3O)CCN(Cc3cccc(=O)n3O)CCN2Cc2cccc(=O)n2O)cc1)CCOCCOCCOCCC(=O)Oc1c(Cl)cccc1Cl. The van der Waals surface area contributed by atoms with Gasteiger partial charge in [-0.15, -0.1) is 0 Å².